The minimum Gasteiger partial charge on any atom is -0.0649 e. The lowest BCUT2D eigenvalue weighted by Gasteiger charge is -2.59. The number of hydrogen-bond donors (Lipinski definition) is 0. The molecule has 0 aromatic carbocycles. The molecule has 8 fully saturated rings. The summed E-state index contributed by atoms with van der Waals surface area (Å²) in [5, 5.41) is 0. The van der Waals surface area contributed by atoms with E-state index in [1.807, 2.05) is 0 Å². The Morgan fingerprint density at radius 1 is 0.500 bits per heavy atom. The van der Waals surface area contributed by atoms with Gasteiger partial charge in [-0.15, -0.1) is 0 Å². The summed E-state index contributed by atoms with van der Waals surface area (Å²) in [5.74, 6) is 15.6. The highest BCUT2D eigenvalue weighted by molar-refractivity contribution is 5.20. The molecule has 8 aliphatic rings. The fraction of sp³-hybridized carbons (Fsp3) is 1.00. The molecule has 15 unspecified atom stereocenters. The first kappa shape index (κ1) is 35.1. The monoisotopic (exact) mass is 659 g/mol. The third-order valence-electron chi connectivity index (χ3n) is 21.3. The van der Waals surface area contributed by atoms with Gasteiger partial charge in [0, 0.05) is 0 Å². The summed E-state index contributed by atoms with van der Waals surface area (Å²) in [5.41, 5.74) is 2.27. The van der Waals surface area contributed by atoms with Crippen molar-refractivity contribution in [3.8, 4) is 0 Å². The molecule has 0 N–H and O–H groups in total. The zero-order chi connectivity index (χ0) is 33.8. The van der Waals surface area contributed by atoms with E-state index in [-0.39, 0.29) is 0 Å². The van der Waals surface area contributed by atoms with Gasteiger partial charge in [0.25, 0.3) is 0 Å². The molecule has 8 aliphatic carbocycles. The Morgan fingerprint density at radius 3 is 1.67 bits per heavy atom. The zero-order valence-corrected chi connectivity index (χ0v) is 33.8. The lowest BCUT2D eigenvalue weighted by molar-refractivity contribution is -0.0953. The summed E-state index contributed by atoms with van der Waals surface area (Å²) < 4.78 is 0. The molecule has 0 nitrogen and oxygen atoms in total. The summed E-state index contributed by atoms with van der Waals surface area (Å²) in [6.07, 6.45) is 31.0. The van der Waals surface area contributed by atoms with E-state index in [1.165, 1.54) is 25.7 Å². The molecule has 0 bridgehead atoms. The number of fused-ring (bicyclic) bond motifs is 12. The third kappa shape index (κ3) is 5.04. The van der Waals surface area contributed by atoms with Crippen molar-refractivity contribution in [2.45, 2.75) is 191 Å². The van der Waals surface area contributed by atoms with Gasteiger partial charge < -0.3 is 0 Å². The van der Waals surface area contributed by atoms with Crippen molar-refractivity contribution in [3.05, 3.63) is 0 Å². The summed E-state index contributed by atoms with van der Waals surface area (Å²) >= 11 is 0. The van der Waals surface area contributed by atoms with E-state index in [1.54, 1.807) is 103 Å². The van der Waals surface area contributed by atoms with Crippen LogP contribution in [0.1, 0.15) is 191 Å². The standard InChI is InChI=1S/C48H82/c1-10-46(8,11-2)34-27-35(47(9,12-3)13-4)29-48(28-34)40-23-22-39-44(43(40)37-25-31-16-14-15-17-32(31)26-41(37)48)42-36-20-18-30(5)24-33(36)19-21-38(42)45(39,6)7/h30-44H,10-29H2,1-9H3. The van der Waals surface area contributed by atoms with Crippen molar-refractivity contribution in [3.63, 3.8) is 0 Å². The fourth-order valence-corrected chi connectivity index (χ4v) is 18.0. The zero-order valence-electron chi connectivity index (χ0n) is 33.8. The van der Waals surface area contributed by atoms with E-state index in [4.69, 9.17) is 0 Å². The third-order valence-corrected chi connectivity index (χ3v) is 21.3. The molecule has 0 radical (unpaired) electrons. The molecular weight excluding hydrogens is 577 g/mol. The Morgan fingerprint density at radius 2 is 1.04 bits per heavy atom. The van der Waals surface area contributed by atoms with Crippen LogP contribution < -0.4 is 0 Å². The minimum absolute atomic E-state index is 0.525. The van der Waals surface area contributed by atoms with Crippen LogP contribution in [0, 0.1) is 110 Å². The molecular formula is C48H82. The van der Waals surface area contributed by atoms with E-state index in [0.717, 1.165) is 88.8 Å². The van der Waals surface area contributed by atoms with Gasteiger partial charge in [-0.3, -0.25) is 0 Å². The Bertz CT molecular complexity index is 1110. The van der Waals surface area contributed by atoms with Crippen LogP contribution >= 0.6 is 0 Å². The van der Waals surface area contributed by atoms with E-state index < -0.39 is 0 Å². The second-order valence-electron chi connectivity index (χ2n) is 22.4. The van der Waals surface area contributed by atoms with Crippen molar-refractivity contribution >= 4 is 0 Å². The second kappa shape index (κ2) is 12.6. The summed E-state index contributed by atoms with van der Waals surface area (Å²) in [7, 11) is 0. The van der Waals surface area contributed by atoms with Crippen molar-refractivity contribution in [1.82, 2.24) is 0 Å². The molecule has 274 valence electrons. The molecule has 1 spiro atoms. The van der Waals surface area contributed by atoms with Gasteiger partial charge in [-0.1, -0.05) is 120 Å². The van der Waals surface area contributed by atoms with Crippen molar-refractivity contribution in [1.29, 1.82) is 0 Å². The van der Waals surface area contributed by atoms with Gasteiger partial charge in [-0.2, -0.15) is 0 Å². The molecule has 0 aromatic rings. The maximum atomic E-state index is 2.83. The Kier molecular flexibility index (Phi) is 9.17. The Hall–Kier alpha value is 0. The van der Waals surface area contributed by atoms with Crippen LogP contribution in [0.3, 0.4) is 0 Å². The quantitative estimate of drug-likeness (QED) is 0.266. The smallest absolute Gasteiger partial charge is 0.0230 e. The van der Waals surface area contributed by atoms with E-state index in [2.05, 4.69) is 62.3 Å². The van der Waals surface area contributed by atoms with Crippen LogP contribution in [0.15, 0.2) is 0 Å². The molecule has 0 aromatic heterocycles. The first-order chi connectivity index (χ1) is 22.9. The van der Waals surface area contributed by atoms with Crippen LogP contribution in [0.25, 0.3) is 0 Å². The van der Waals surface area contributed by atoms with Crippen LogP contribution in [-0.4, -0.2) is 0 Å². The molecule has 48 heavy (non-hydrogen) atoms. The first-order valence-corrected chi connectivity index (χ1v) is 22.9. The minimum atomic E-state index is 0.525. The van der Waals surface area contributed by atoms with Gasteiger partial charge in [0.15, 0.2) is 0 Å². The predicted molar refractivity (Wildman–Crippen MR) is 205 cm³/mol. The topological polar surface area (TPSA) is 0 Å². The molecule has 8 rings (SSSR count). The van der Waals surface area contributed by atoms with Gasteiger partial charge in [-0.25, -0.2) is 0 Å². The molecule has 0 saturated heterocycles. The largest absolute Gasteiger partial charge is 0.0649 e. The lowest BCUT2D eigenvalue weighted by atomic mass is 9.46. The highest BCUT2D eigenvalue weighted by atomic mass is 14.8. The van der Waals surface area contributed by atoms with Crippen molar-refractivity contribution in [2.24, 2.45) is 110 Å². The maximum absolute atomic E-state index is 2.83. The average Bonchev–Trinajstić information content (AvgIpc) is 3.50. The number of rotatable bonds is 6. The Balaban J connectivity index is 1.25. The van der Waals surface area contributed by atoms with Crippen LogP contribution in [0.4, 0.5) is 0 Å². The predicted octanol–water partition coefficient (Wildman–Crippen LogP) is 14.3. The van der Waals surface area contributed by atoms with Gasteiger partial charge in [0.2, 0.25) is 0 Å². The molecule has 8 saturated carbocycles. The maximum Gasteiger partial charge on any atom is -0.0230 e. The van der Waals surface area contributed by atoms with Gasteiger partial charge >= 0.3 is 0 Å². The average molecular weight is 659 g/mol. The van der Waals surface area contributed by atoms with Crippen LogP contribution in [0.5, 0.6) is 0 Å². The second-order valence-corrected chi connectivity index (χ2v) is 22.4. The first-order valence-electron chi connectivity index (χ1n) is 22.9. The SMILES string of the molecule is CCC(C)(CC)C1CC(C(C)(CC)CC)CC2(C1)C1CC3CCCCC3CC1C1C3C4C5CCC(C)CC5CCC4C(C)(C)C3CCC12. The van der Waals surface area contributed by atoms with E-state index in [9.17, 15) is 0 Å². The van der Waals surface area contributed by atoms with E-state index >= 15 is 0 Å². The van der Waals surface area contributed by atoms with Crippen LogP contribution in [-0.2, 0) is 0 Å². The van der Waals surface area contributed by atoms with E-state index in [0.29, 0.717) is 21.7 Å². The summed E-state index contributed by atoms with van der Waals surface area (Å²) in [4.78, 5) is 0. The summed E-state index contributed by atoms with van der Waals surface area (Å²) in [6, 6.07) is 0. The summed E-state index contributed by atoms with van der Waals surface area (Å²) in [6.45, 7) is 24.1. The Labute approximate surface area is 300 Å². The number of hydrogen-bond acceptors (Lipinski definition) is 0. The lowest BCUT2D eigenvalue weighted by Crippen LogP contribution is -2.50. The molecule has 0 aliphatic heterocycles. The molecule has 0 amide bonds. The fourth-order valence-electron chi connectivity index (χ4n) is 18.0. The van der Waals surface area contributed by atoms with Crippen LogP contribution in [0.2, 0.25) is 0 Å². The van der Waals surface area contributed by atoms with Crippen molar-refractivity contribution in [2.75, 3.05) is 0 Å². The van der Waals surface area contributed by atoms with Gasteiger partial charge in [-0.05, 0) is 181 Å². The highest BCUT2D eigenvalue weighted by Crippen LogP contribution is 2.78. The normalized spacial score (nSPS) is 51.3. The highest BCUT2D eigenvalue weighted by Gasteiger charge is 2.72. The van der Waals surface area contributed by atoms with Gasteiger partial charge in [0.1, 0.15) is 0 Å². The molecule has 15 atom stereocenters. The van der Waals surface area contributed by atoms with Crippen molar-refractivity contribution < 1.29 is 0 Å². The molecule has 0 heteroatoms. The molecule has 0 heterocycles. The van der Waals surface area contributed by atoms with Gasteiger partial charge in [0.05, 0.1) is 0 Å².